The summed E-state index contributed by atoms with van der Waals surface area (Å²) in [4.78, 5) is 38.4. The number of ether oxygens (including phenoxy) is 1. The van der Waals surface area contributed by atoms with Crippen molar-refractivity contribution in [2.75, 3.05) is 25.0 Å². The SMILES string of the molecule is CCOC(=O)N1CCC(NC(=O)C(NC(=O)Nc2ccccc2)C(C)C)CC1. The van der Waals surface area contributed by atoms with Crippen molar-refractivity contribution < 1.29 is 19.1 Å². The average molecular weight is 390 g/mol. The number of hydrogen-bond donors (Lipinski definition) is 3. The molecule has 8 nitrogen and oxygen atoms in total. The third-order valence-corrected chi connectivity index (χ3v) is 4.63. The molecule has 0 radical (unpaired) electrons. The molecule has 1 aliphatic heterocycles. The smallest absolute Gasteiger partial charge is 0.409 e. The number of likely N-dealkylation sites (tertiary alicyclic amines) is 1. The van der Waals surface area contributed by atoms with Crippen molar-refractivity contribution in [2.45, 2.75) is 45.7 Å². The van der Waals surface area contributed by atoms with Crippen molar-refractivity contribution in [1.82, 2.24) is 15.5 Å². The molecule has 1 aromatic rings. The summed E-state index contributed by atoms with van der Waals surface area (Å²) in [6.07, 6.45) is 1.00. The maximum absolute atomic E-state index is 12.7. The van der Waals surface area contributed by atoms with Gasteiger partial charge in [-0.25, -0.2) is 9.59 Å². The summed E-state index contributed by atoms with van der Waals surface area (Å²) in [6.45, 7) is 6.98. The van der Waals surface area contributed by atoms with Crippen molar-refractivity contribution in [2.24, 2.45) is 5.92 Å². The molecule has 1 atom stereocenters. The highest BCUT2D eigenvalue weighted by atomic mass is 16.6. The van der Waals surface area contributed by atoms with Gasteiger partial charge in [-0.1, -0.05) is 32.0 Å². The summed E-state index contributed by atoms with van der Waals surface area (Å²) in [7, 11) is 0. The second-order valence-corrected chi connectivity index (χ2v) is 7.16. The molecule has 1 saturated heterocycles. The topological polar surface area (TPSA) is 99.8 Å². The van der Waals surface area contributed by atoms with E-state index in [4.69, 9.17) is 4.74 Å². The summed E-state index contributed by atoms with van der Waals surface area (Å²) in [5.41, 5.74) is 0.661. The van der Waals surface area contributed by atoms with Crippen LogP contribution < -0.4 is 16.0 Å². The highest BCUT2D eigenvalue weighted by Gasteiger charge is 2.29. The van der Waals surface area contributed by atoms with E-state index in [-0.39, 0.29) is 24.0 Å². The number of para-hydroxylation sites is 1. The molecule has 0 aromatic heterocycles. The molecule has 4 amide bonds. The van der Waals surface area contributed by atoms with Gasteiger partial charge < -0.3 is 25.6 Å². The van der Waals surface area contributed by atoms with Gasteiger partial charge in [0.05, 0.1) is 6.61 Å². The summed E-state index contributed by atoms with van der Waals surface area (Å²) in [5, 5.41) is 8.48. The number of anilines is 1. The summed E-state index contributed by atoms with van der Waals surface area (Å²) in [6, 6.07) is 7.97. The molecule has 154 valence electrons. The number of hydrogen-bond acceptors (Lipinski definition) is 4. The number of urea groups is 1. The fraction of sp³-hybridized carbons (Fsp3) is 0.550. The Kier molecular flexibility index (Phi) is 8.10. The van der Waals surface area contributed by atoms with Crippen LogP contribution in [0, 0.1) is 5.92 Å². The summed E-state index contributed by atoms with van der Waals surface area (Å²) < 4.78 is 5.01. The van der Waals surface area contributed by atoms with Gasteiger partial charge in [0.15, 0.2) is 0 Å². The van der Waals surface area contributed by atoms with Crippen LogP contribution in [0.4, 0.5) is 15.3 Å². The Morgan fingerprint density at radius 1 is 1.14 bits per heavy atom. The Labute approximate surface area is 166 Å². The molecule has 3 N–H and O–H groups in total. The standard InChI is InChI=1S/C20H30N4O4/c1-4-28-20(27)24-12-10-16(11-13-24)21-18(25)17(14(2)3)23-19(26)22-15-8-6-5-7-9-15/h5-9,14,16-17H,4,10-13H2,1-3H3,(H,21,25)(H2,22,23,26). The summed E-state index contributed by atoms with van der Waals surface area (Å²) in [5.74, 6) is -0.283. The predicted octanol–water partition coefficient (Wildman–Crippen LogP) is 2.57. The van der Waals surface area contributed by atoms with Crippen LogP contribution in [0.2, 0.25) is 0 Å². The van der Waals surface area contributed by atoms with Crippen LogP contribution >= 0.6 is 0 Å². The first-order chi connectivity index (χ1) is 13.4. The number of rotatable bonds is 6. The molecule has 28 heavy (non-hydrogen) atoms. The lowest BCUT2D eigenvalue weighted by Crippen LogP contribution is -2.55. The molecule has 1 heterocycles. The van der Waals surface area contributed by atoms with E-state index in [2.05, 4.69) is 16.0 Å². The minimum absolute atomic E-state index is 0.0292. The number of amides is 4. The Morgan fingerprint density at radius 3 is 2.36 bits per heavy atom. The van der Waals surface area contributed by atoms with Crippen molar-refractivity contribution in [3.05, 3.63) is 30.3 Å². The summed E-state index contributed by atoms with van der Waals surface area (Å²) >= 11 is 0. The molecule has 0 saturated carbocycles. The molecular formula is C20H30N4O4. The van der Waals surface area contributed by atoms with Crippen LogP contribution in [0.5, 0.6) is 0 Å². The molecule has 1 aromatic carbocycles. The lowest BCUT2D eigenvalue weighted by molar-refractivity contribution is -0.124. The lowest BCUT2D eigenvalue weighted by atomic mass is 10.0. The zero-order valence-electron chi connectivity index (χ0n) is 16.7. The van der Waals surface area contributed by atoms with Gasteiger partial charge in [0.1, 0.15) is 6.04 Å². The molecule has 1 unspecified atom stereocenters. The number of carbonyl (C=O) groups is 3. The van der Waals surface area contributed by atoms with Crippen molar-refractivity contribution >= 4 is 23.7 Å². The number of nitrogens with zero attached hydrogens (tertiary/aromatic N) is 1. The second-order valence-electron chi connectivity index (χ2n) is 7.16. The second kappa shape index (κ2) is 10.5. The van der Waals surface area contributed by atoms with Gasteiger partial charge in [0.2, 0.25) is 5.91 Å². The highest BCUT2D eigenvalue weighted by molar-refractivity contribution is 5.93. The van der Waals surface area contributed by atoms with Crippen molar-refractivity contribution in [3.63, 3.8) is 0 Å². The Bertz CT molecular complexity index is 657. The van der Waals surface area contributed by atoms with Crippen LogP contribution in [-0.4, -0.2) is 54.7 Å². The van der Waals surface area contributed by atoms with E-state index >= 15 is 0 Å². The van der Waals surface area contributed by atoms with Crippen LogP contribution in [0.25, 0.3) is 0 Å². The zero-order chi connectivity index (χ0) is 20.5. The van der Waals surface area contributed by atoms with E-state index in [9.17, 15) is 14.4 Å². The number of nitrogens with one attached hydrogen (secondary N) is 3. The van der Waals surface area contributed by atoms with E-state index < -0.39 is 12.1 Å². The van der Waals surface area contributed by atoms with E-state index in [0.717, 1.165) is 0 Å². The van der Waals surface area contributed by atoms with Gasteiger partial charge in [-0.15, -0.1) is 0 Å². The normalized spacial score (nSPS) is 15.6. The monoisotopic (exact) mass is 390 g/mol. The van der Waals surface area contributed by atoms with Crippen LogP contribution in [-0.2, 0) is 9.53 Å². The first kappa shape index (κ1) is 21.5. The minimum atomic E-state index is -0.646. The highest BCUT2D eigenvalue weighted by Crippen LogP contribution is 2.13. The van der Waals surface area contributed by atoms with E-state index in [1.54, 1.807) is 24.0 Å². The predicted molar refractivity (Wildman–Crippen MR) is 107 cm³/mol. The maximum Gasteiger partial charge on any atom is 0.409 e. The van der Waals surface area contributed by atoms with Gasteiger partial charge in [0, 0.05) is 24.8 Å². The molecule has 8 heteroatoms. The third kappa shape index (κ3) is 6.44. The Morgan fingerprint density at radius 2 is 1.79 bits per heavy atom. The Balaban J connectivity index is 1.84. The van der Waals surface area contributed by atoms with Gasteiger partial charge in [0.25, 0.3) is 0 Å². The average Bonchev–Trinajstić information content (AvgIpc) is 2.67. The largest absolute Gasteiger partial charge is 0.450 e. The van der Waals surface area contributed by atoms with Crippen molar-refractivity contribution in [3.8, 4) is 0 Å². The molecule has 0 aliphatic carbocycles. The first-order valence-corrected chi connectivity index (χ1v) is 9.75. The molecule has 0 bridgehead atoms. The number of carbonyl (C=O) groups excluding carboxylic acids is 3. The van der Waals surface area contributed by atoms with Gasteiger partial charge >= 0.3 is 12.1 Å². The van der Waals surface area contributed by atoms with Gasteiger partial charge in [-0.05, 0) is 37.8 Å². The van der Waals surface area contributed by atoms with Gasteiger partial charge in [-0.2, -0.15) is 0 Å². The quantitative estimate of drug-likeness (QED) is 0.695. The van der Waals surface area contributed by atoms with Crippen LogP contribution in [0.3, 0.4) is 0 Å². The fourth-order valence-electron chi connectivity index (χ4n) is 3.08. The van der Waals surface area contributed by atoms with Crippen molar-refractivity contribution in [1.29, 1.82) is 0 Å². The zero-order valence-corrected chi connectivity index (χ0v) is 16.7. The molecule has 0 spiro atoms. The molecule has 1 aliphatic rings. The maximum atomic E-state index is 12.7. The molecule has 1 fully saturated rings. The fourth-order valence-corrected chi connectivity index (χ4v) is 3.08. The number of benzene rings is 1. The molecule has 2 rings (SSSR count). The lowest BCUT2D eigenvalue weighted by Gasteiger charge is -2.33. The third-order valence-electron chi connectivity index (χ3n) is 4.63. The van der Waals surface area contributed by atoms with E-state index in [1.165, 1.54) is 0 Å². The molecular weight excluding hydrogens is 360 g/mol. The number of piperidine rings is 1. The van der Waals surface area contributed by atoms with Gasteiger partial charge in [-0.3, -0.25) is 4.79 Å². The van der Waals surface area contributed by atoms with Crippen LogP contribution in [0.1, 0.15) is 33.6 Å². The first-order valence-electron chi connectivity index (χ1n) is 9.75. The van der Waals surface area contributed by atoms with Crippen LogP contribution in [0.15, 0.2) is 30.3 Å². The van der Waals surface area contributed by atoms with E-state index in [1.807, 2.05) is 32.0 Å². The Hall–Kier alpha value is -2.77. The minimum Gasteiger partial charge on any atom is -0.450 e. The van der Waals surface area contributed by atoms with E-state index in [0.29, 0.717) is 38.2 Å².